The van der Waals surface area contributed by atoms with Crippen LogP contribution in [0, 0.1) is 5.41 Å². The van der Waals surface area contributed by atoms with Crippen LogP contribution in [-0.2, 0) is 12.6 Å². The monoisotopic (exact) mass is 458 g/mol. The topological polar surface area (TPSA) is 56.2 Å². The fourth-order valence-electron chi connectivity index (χ4n) is 5.58. The smallest absolute Gasteiger partial charge is 0.416 e. The lowest BCUT2D eigenvalue weighted by Crippen LogP contribution is -2.35. The maximum atomic E-state index is 13.4. The van der Waals surface area contributed by atoms with Crippen LogP contribution in [0.15, 0.2) is 30.8 Å². The first-order valence-corrected chi connectivity index (χ1v) is 11.6. The third-order valence-electron chi connectivity index (χ3n) is 7.09. The molecule has 1 heterocycles. The molecule has 0 amide bonds. The Kier molecular flexibility index (Phi) is 6.21. The number of hydrogen-bond acceptors (Lipinski definition) is 3. The number of hydrogen-bond donors (Lipinski definition) is 1. The highest BCUT2D eigenvalue weighted by Gasteiger charge is 2.37. The summed E-state index contributed by atoms with van der Waals surface area (Å²) in [7, 11) is 0. The van der Waals surface area contributed by atoms with Gasteiger partial charge in [-0.3, -0.25) is 4.98 Å². The second kappa shape index (κ2) is 8.55. The lowest BCUT2D eigenvalue weighted by Gasteiger charge is -2.43. The zero-order chi connectivity index (χ0) is 24.1. The van der Waals surface area contributed by atoms with E-state index in [1.807, 2.05) is 6.92 Å². The number of pyridine rings is 1. The number of benzene rings is 1. The standard InChI is InChI=1S/C27H31F3NO2/c1-15(2)24-23(25(33)17-9-11-18(12-10-17)27(28,29)30)21(16-7-5-6-8-16)22-19(31-24)13-26(3,4)14-20(22)32/h9-12,16,20,25,33H,1,5-8,13-14H2,2-4H3/q-1. The molecular weight excluding hydrogens is 427 g/mol. The second-order valence-corrected chi connectivity index (χ2v) is 10.5. The fraction of sp³-hybridized carbons (Fsp3) is 0.519. The molecule has 1 fully saturated rings. The third-order valence-corrected chi connectivity index (χ3v) is 7.09. The molecule has 2 aliphatic rings. The minimum Gasteiger partial charge on any atom is -0.848 e. The summed E-state index contributed by atoms with van der Waals surface area (Å²) in [5, 5.41) is 24.9. The van der Waals surface area contributed by atoms with Gasteiger partial charge in [-0.2, -0.15) is 13.2 Å². The number of aliphatic hydroxyl groups is 1. The van der Waals surface area contributed by atoms with Gasteiger partial charge in [-0.05, 0) is 71.9 Å². The molecule has 178 valence electrons. The van der Waals surface area contributed by atoms with Crippen molar-refractivity contribution in [3.05, 3.63) is 70.0 Å². The quantitative estimate of drug-likeness (QED) is 0.589. The van der Waals surface area contributed by atoms with Crippen LogP contribution < -0.4 is 5.11 Å². The van der Waals surface area contributed by atoms with Crippen molar-refractivity contribution in [1.29, 1.82) is 0 Å². The van der Waals surface area contributed by atoms with E-state index in [4.69, 9.17) is 4.98 Å². The van der Waals surface area contributed by atoms with Crippen molar-refractivity contribution in [3.63, 3.8) is 0 Å². The van der Waals surface area contributed by atoms with Gasteiger partial charge in [0.15, 0.2) is 0 Å². The molecule has 2 aromatic rings. The van der Waals surface area contributed by atoms with Crippen molar-refractivity contribution < 1.29 is 23.4 Å². The van der Waals surface area contributed by atoms with E-state index in [9.17, 15) is 23.4 Å². The second-order valence-electron chi connectivity index (χ2n) is 10.5. The van der Waals surface area contributed by atoms with Crippen LogP contribution >= 0.6 is 0 Å². The van der Waals surface area contributed by atoms with Gasteiger partial charge in [0.2, 0.25) is 0 Å². The summed E-state index contributed by atoms with van der Waals surface area (Å²) in [6.45, 7) is 10.0. The number of rotatable bonds is 4. The van der Waals surface area contributed by atoms with Crippen molar-refractivity contribution in [1.82, 2.24) is 4.98 Å². The Morgan fingerprint density at radius 3 is 2.30 bits per heavy atom. The van der Waals surface area contributed by atoms with E-state index in [0.717, 1.165) is 49.1 Å². The number of halogens is 3. The Bertz CT molecular complexity index is 1050. The molecule has 0 bridgehead atoms. The minimum absolute atomic E-state index is 0.136. The summed E-state index contributed by atoms with van der Waals surface area (Å²) in [5.74, 6) is 0.136. The van der Waals surface area contributed by atoms with Gasteiger partial charge in [-0.15, -0.1) is 0 Å². The summed E-state index contributed by atoms with van der Waals surface area (Å²) in [6.07, 6.45) is -1.45. The highest BCUT2D eigenvalue weighted by atomic mass is 19.4. The molecule has 6 heteroatoms. The first-order valence-electron chi connectivity index (χ1n) is 11.6. The molecule has 3 nitrogen and oxygen atoms in total. The highest BCUT2D eigenvalue weighted by molar-refractivity contribution is 5.66. The zero-order valence-corrected chi connectivity index (χ0v) is 19.4. The molecule has 2 aliphatic carbocycles. The van der Waals surface area contributed by atoms with Crippen LogP contribution in [0.5, 0.6) is 0 Å². The van der Waals surface area contributed by atoms with E-state index in [1.165, 1.54) is 12.1 Å². The average Bonchev–Trinajstić information content (AvgIpc) is 3.25. The van der Waals surface area contributed by atoms with Crippen molar-refractivity contribution >= 4 is 5.57 Å². The molecule has 0 aliphatic heterocycles. The van der Waals surface area contributed by atoms with Gasteiger partial charge >= 0.3 is 6.18 Å². The Hall–Kier alpha value is -2.18. The minimum atomic E-state index is -4.45. The predicted molar refractivity (Wildman–Crippen MR) is 121 cm³/mol. The molecule has 0 radical (unpaired) electrons. The van der Waals surface area contributed by atoms with Gasteiger partial charge in [-0.25, -0.2) is 0 Å². The molecule has 0 spiro atoms. The van der Waals surface area contributed by atoms with Crippen LogP contribution in [0.4, 0.5) is 13.2 Å². The maximum Gasteiger partial charge on any atom is 0.416 e. The van der Waals surface area contributed by atoms with E-state index >= 15 is 0 Å². The number of allylic oxidation sites excluding steroid dienone is 1. The summed E-state index contributed by atoms with van der Waals surface area (Å²) in [4.78, 5) is 4.85. The first-order chi connectivity index (χ1) is 15.4. The van der Waals surface area contributed by atoms with Crippen molar-refractivity contribution in [3.8, 4) is 0 Å². The molecular formula is C27H31F3NO2-. The van der Waals surface area contributed by atoms with Gasteiger partial charge in [0.05, 0.1) is 11.3 Å². The summed E-state index contributed by atoms with van der Waals surface area (Å²) >= 11 is 0. The van der Waals surface area contributed by atoms with Crippen LogP contribution in [0.2, 0.25) is 0 Å². The maximum absolute atomic E-state index is 13.4. The summed E-state index contributed by atoms with van der Waals surface area (Å²) in [5.41, 5.74) is 3.56. The van der Waals surface area contributed by atoms with Gasteiger partial charge in [0.25, 0.3) is 0 Å². The Balaban J connectivity index is 1.93. The third kappa shape index (κ3) is 4.60. The van der Waals surface area contributed by atoms with E-state index in [0.29, 0.717) is 40.8 Å². The Morgan fingerprint density at radius 1 is 1.15 bits per heavy atom. The summed E-state index contributed by atoms with van der Waals surface area (Å²) < 4.78 is 39.2. The largest absolute Gasteiger partial charge is 0.848 e. The molecule has 33 heavy (non-hydrogen) atoms. The van der Waals surface area contributed by atoms with Crippen molar-refractivity contribution in [2.45, 2.75) is 83.6 Å². The summed E-state index contributed by atoms with van der Waals surface area (Å²) in [6, 6.07) is 4.59. The molecule has 0 saturated heterocycles. The average molecular weight is 459 g/mol. The fourth-order valence-corrected chi connectivity index (χ4v) is 5.58. The van der Waals surface area contributed by atoms with E-state index in [1.54, 1.807) is 0 Å². The first kappa shape index (κ1) is 24.0. The Labute approximate surface area is 193 Å². The van der Waals surface area contributed by atoms with Crippen molar-refractivity contribution in [2.24, 2.45) is 5.41 Å². The van der Waals surface area contributed by atoms with Crippen LogP contribution in [0.25, 0.3) is 5.57 Å². The van der Waals surface area contributed by atoms with Gasteiger partial charge < -0.3 is 10.2 Å². The molecule has 4 rings (SSSR count). The van der Waals surface area contributed by atoms with Crippen LogP contribution in [0.1, 0.15) is 110 Å². The molecule has 1 N–H and O–H groups in total. The number of alkyl halides is 3. The predicted octanol–water partition coefficient (Wildman–Crippen LogP) is 6.25. The van der Waals surface area contributed by atoms with Gasteiger partial charge in [-0.1, -0.05) is 57.9 Å². The number of aromatic nitrogens is 1. The molecule has 1 saturated carbocycles. The molecule has 2 unspecified atom stereocenters. The van der Waals surface area contributed by atoms with Gasteiger partial charge in [0, 0.05) is 11.3 Å². The molecule has 1 aromatic heterocycles. The van der Waals surface area contributed by atoms with Gasteiger partial charge in [0.1, 0.15) is 6.10 Å². The van der Waals surface area contributed by atoms with Crippen molar-refractivity contribution in [2.75, 3.05) is 0 Å². The SMILES string of the molecule is C=C(C)c1nc2c(c(C3CCCC3)c1C(O)c1ccc(C(F)(F)F)cc1)C([O-])CC(C)(C)C2. The lowest BCUT2D eigenvalue weighted by molar-refractivity contribution is -0.434. The number of fused-ring (bicyclic) bond motifs is 1. The normalized spacial score (nSPS) is 21.6. The van der Waals surface area contributed by atoms with E-state index < -0.39 is 23.9 Å². The van der Waals surface area contributed by atoms with Crippen LogP contribution in [-0.4, -0.2) is 10.1 Å². The molecule has 1 aromatic carbocycles. The highest BCUT2D eigenvalue weighted by Crippen LogP contribution is 2.49. The number of aliphatic hydroxyl groups excluding tert-OH is 1. The van der Waals surface area contributed by atoms with E-state index in [2.05, 4.69) is 20.4 Å². The molecule has 2 atom stereocenters. The van der Waals surface area contributed by atoms with E-state index in [-0.39, 0.29) is 11.3 Å². The number of nitrogens with zero attached hydrogens (tertiary/aromatic N) is 1. The zero-order valence-electron chi connectivity index (χ0n) is 19.4. The Morgan fingerprint density at radius 2 is 1.76 bits per heavy atom. The van der Waals surface area contributed by atoms with Crippen LogP contribution in [0.3, 0.4) is 0 Å². The lowest BCUT2D eigenvalue weighted by atomic mass is 9.70.